The van der Waals surface area contributed by atoms with Gasteiger partial charge in [-0.05, 0) is 25.1 Å². The smallest absolute Gasteiger partial charge is 0.252 e. The van der Waals surface area contributed by atoms with Gasteiger partial charge in [-0.3, -0.25) is 4.79 Å². The summed E-state index contributed by atoms with van der Waals surface area (Å²) in [5, 5.41) is 16.0. The van der Waals surface area contributed by atoms with Gasteiger partial charge in [0.2, 0.25) is 5.88 Å². The average molecular weight is 435 g/mol. The Labute approximate surface area is 177 Å². The third-order valence-corrected chi connectivity index (χ3v) is 3.98. The fourth-order valence-electron chi connectivity index (χ4n) is 2.44. The Bertz CT molecular complexity index is 948. The molecule has 0 spiro atoms. The SMILES string of the molecule is COCCNC(=O)c1ccc(OCc2c(C(/C=C/F)=C/C=C(\C)F)noc2CO)nc1. The van der Waals surface area contributed by atoms with Gasteiger partial charge in [0, 0.05) is 31.5 Å². The zero-order chi connectivity index (χ0) is 22.6. The molecule has 0 aliphatic carbocycles. The van der Waals surface area contributed by atoms with Crippen molar-refractivity contribution in [3.63, 3.8) is 0 Å². The van der Waals surface area contributed by atoms with Gasteiger partial charge in [0.25, 0.3) is 5.91 Å². The Morgan fingerprint density at radius 2 is 2.16 bits per heavy atom. The molecule has 0 aliphatic heterocycles. The molecule has 0 aliphatic rings. The molecule has 8 nitrogen and oxygen atoms in total. The van der Waals surface area contributed by atoms with Crippen LogP contribution in [-0.2, 0) is 18.0 Å². The number of aliphatic hydroxyl groups is 1. The van der Waals surface area contributed by atoms with Gasteiger partial charge in [-0.15, -0.1) is 0 Å². The third kappa shape index (κ3) is 7.12. The Balaban J connectivity index is 2.16. The van der Waals surface area contributed by atoms with Crippen LogP contribution in [-0.4, -0.2) is 41.4 Å². The predicted octanol–water partition coefficient (Wildman–Crippen LogP) is 3.26. The second-order valence-electron chi connectivity index (χ2n) is 6.18. The normalized spacial score (nSPS) is 12.4. The molecule has 0 unspecified atom stereocenters. The van der Waals surface area contributed by atoms with E-state index in [1.165, 1.54) is 38.4 Å². The van der Waals surface area contributed by atoms with Gasteiger partial charge in [0.15, 0.2) is 5.76 Å². The summed E-state index contributed by atoms with van der Waals surface area (Å²) in [6.45, 7) is 1.42. The van der Waals surface area contributed by atoms with Crippen molar-refractivity contribution < 1.29 is 32.7 Å². The fraction of sp³-hybridized carbons (Fsp3) is 0.286. The maximum absolute atomic E-state index is 13.1. The minimum atomic E-state index is -0.482. The number of rotatable bonds is 11. The quantitative estimate of drug-likeness (QED) is 0.412. The number of nitrogens with one attached hydrogen (secondary N) is 1. The summed E-state index contributed by atoms with van der Waals surface area (Å²) in [6.07, 6.45) is 5.18. The lowest BCUT2D eigenvalue weighted by molar-refractivity contribution is 0.0936. The zero-order valence-electron chi connectivity index (χ0n) is 17.1. The molecule has 0 fully saturated rings. The van der Waals surface area contributed by atoms with Gasteiger partial charge < -0.3 is 24.4 Å². The number of amides is 1. The lowest BCUT2D eigenvalue weighted by Crippen LogP contribution is -2.26. The van der Waals surface area contributed by atoms with E-state index in [0.29, 0.717) is 24.3 Å². The van der Waals surface area contributed by atoms with Gasteiger partial charge in [0.05, 0.1) is 29.9 Å². The largest absolute Gasteiger partial charge is 0.473 e. The number of carbonyl (C=O) groups is 1. The Hall–Kier alpha value is -3.37. The van der Waals surface area contributed by atoms with Crippen LogP contribution in [0.2, 0.25) is 0 Å². The number of aliphatic hydroxyl groups excluding tert-OH is 1. The molecule has 10 heteroatoms. The fourth-order valence-corrected chi connectivity index (χ4v) is 2.44. The molecule has 2 aromatic rings. The summed E-state index contributed by atoms with van der Waals surface area (Å²) >= 11 is 0. The highest BCUT2D eigenvalue weighted by Gasteiger charge is 2.19. The molecule has 31 heavy (non-hydrogen) atoms. The molecule has 2 aromatic heterocycles. The standard InChI is InChI=1S/C21H23F2N3O5/c1-14(23)3-4-15(7-8-22)20-17(18(12-27)31-26-20)13-30-19-6-5-16(11-25-19)21(28)24-9-10-29-2/h3-8,11,27H,9-10,12-13H2,1-2H3,(H,24,28)/b8-7+,14-3+,15-4+. The van der Waals surface area contributed by atoms with Crippen LogP contribution >= 0.6 is 0 Å². The van der Waals surface area contributed by atoms with Gasteiger partial charge in [-0.2, -0.15) is 0 Å². The van der Waals surface area contributed by atoms with Crippen LogP contribution in [0.3, 0.4) is 0 Å². The predicted molar refractivity (Wildman–Crippen MR) is 108 cm³/mol. The molecule has 0 bridgehead atoms. The number of aromatic nitrogens is 2. The highest BCUT2D eigenvalue weighted by molar-refractivity contribution is 5.93. The molecule has 2 N–H and O–H groups in total. The van der Waals surface area contributed by atoms with Crippen molar-refractivity contribution in [2.45, 2.75) is 20.1 Å². The van der Waals surface area contributed by atoms with E-state index in [0.717, 1.165) is 12.2 Å². The minimum Gasteiger partial charge on any atom is -0.473 e. The molecule has 0 aromatic carbocycles. The Morgan fingerprint density at radius 3 is 2.77 bits per heavy atom. The van der Waals surface area contributed by atoms with Crippen molar-refractivity contribution in [3.8, 4) is 5.88 Å². The number of ether oxygens (including phenoxy) is 2. The maximum atomic E-state index is 13.1. The van der Waals surface area contributed by atoms with Gasteiger partial charge in [0.1, 0.15) is 18.9 Å². The number of pyridine rings is 1. The van der Waals surface area contributed by atoms with Crippen LogP contribution in [0.25, 0.3) is 5.57 Å². The number of hydrogen-bond acceptors (Lipinski definition) is 7. The number of methoxy groups -OCH3 is 1. The van der Waals surface area contributed by atoms with E-state index in [1.807, 2.05) is 0 Å². The molecular weight excluding hydrogens is 412 g/mol. The molecule has 2 heterocycles. The van der Waals surface area contributed by atoms with E-state index >= 15 is 0 Å². The van der Waals surface area contributed by atoms with Gasteiger partial charge in [-0.1, -0.05) is 11.2 Å². The maximum Gasteiger partial charge on any atom is 0.252 e. The number of carbonyl (C=O) groups excluding carboxylic acids is 1. The third-order valence-electron chi connectivity index (χ3n) is 3.98. The first-order chi connectivity index (χ1) is 15.0. The van der Waals surface area contributed by atoms with E-state index in [1.54, 1.807) is 0 Å². The van der Waals surface area contributed by atoms with Crippen molar-refractivity contribution in [2.24, 2.45) is 0 Å². The van der Waals surface area contributed by atoms with Crippen LogP contribution in [0.5, 0.6) is 5.88 Å². The molecule has 0 atom stereocenters. The van der Waals surface area contributed by atoms with Crippen LogP contribution in [0.1, 0.15) is 34.3 Å². The summed E-state index contributed by atoms with van der Waals surface area (Å²) in [7, 11) is 1.54. The van der Waals surface area contributed by atoms with Crippen molar-refractivity contribution >= 4 is 11.5 Å². The Morgan fingerprint density at radius 1 is 1.35 bits per heavy atom. The topological polar surface area (TPSA) is 107 Å². The first kappa shape index (κ1) is 23.9. The van der Waals surface area contributed by atoms with Crippen molar-refractivity contribution in [2.75, 3.05) is 20.3 Å². The molecule has 1 amide bonds. The number of allylic oxidation sites excluding steroid dienone is 5. The molecular formula is C21H23F2N3O5. The second-order valence-corrected chi connectivity index (χ2v) is 6.18. The highest BCUT2D eigenvalue weighted by Crippen LogP contribution is 2.25. The summed E-state index contributed by atoms with van der Waals surface area (Å²) < 4.78 is 41.5. The molecule has 0 saturated carbocycles. The van der Waals surface area contributed by atoms with Crippen LogP contribution in [0.15, 0.2) is 53.2 Å². The molecule has 166 valence electrons. The van der Waals surface area contributed by atoms with E-state index < -0.39 is 12.4 Å². The minimum absolute atomic E-state index is 0.114. The lowest BCUT2D eigenvalue weighted by Gasteiger charge is -2.08. The average Bonchev–Trinajstić information content (AvgIpc) is 3.18. The van der Waals surface area contributed by atoms with Gasteiger partial charge >= 0.3 is 0 Å². The monoisotopic (exact) mass is 435 g/mol. The summed E-state index contributed by atoms with van der Waals surface area (Å²) in [5.74, 6) is -0.466. The number of halogens is 2. The first-order valence-electron chi connectivity index (χ1n) is 9.25. The Kier molecular flexibility index (Phi) is 9.53. The van der Waals surface area contributed by atoms with Crippen LogP contribution in [0.4, 0.5) is 8.78 Å². The van der Waals surface area contributed by atoms with Crippen LogP contribution < -0.4 is 10.1 Å². The number of hydrogen-bond donors (Lipinski definition) is 2. The molecule has 2 rings (SSSR count). The van der Waals surface area contributed by atoms with E-state index in [-0.39, 0.29) is 41.8 Å². The van der Waals surface area contributed by atoms with E-state index in [2.05, 4.69) is 15.5 Å². The van der Waals surface area contributed by atoms with Crippen molar-refractivity contribution in [1.82, 2.24) is 15.5 Å². The van der Waals surface area contributed by atoms with Gasteiger partial charge in [-0.25, -0.2) is 13.8 Å². The summed E-state index contributed by atoms with van der Waals surface area (Å²) in [5.41, 5.74) is 1.10. The van der Waals surface area contributed by atoms with E-state index in [4.69, 9.17) is 14.0 Å². The second kappa shape index (κ2) is 12.4. The van der Waals surface area contributed by atoms with Crippen molar-refractivity contribution in [3.05, 3.63) is 71.3 Å². The molecule has 0 saturated heterocycles. The van der Waals surface area contributed by atoms with E-state index in [9.17, 15) is 18.7 Å². The first-order valence-corrected chi connectivity index (χ1v) is 9.25. The zero-order valence-corrected chi connectivity index (χ0v) is 17.1. The van der Waals surface area contributed by atoms with Crippen LogP contribution in [0, 0.1) is 0 Å². The lowest BCUT2D eigenvalue weighted by atomic mass is 10.1. The number of nitrogens with zero attached hydrogens (tertiary/aromatic N) is 2. The highest BCUT2D eigenvalue weighted by atomic mass is 19.1. The molecule has 0 radical (unpaired) electrons. The summed E-state index contributed by atoms with van der Waals surface area (Å²) in [6, 6.07) is 3.04. The van der Waals surface area contributed by atoms with Crippen molar-refractivity contribution in [1.29, 1.82) is 0 Å². The summed E-state index contributed by atoms with van der Waals surface area (Å²) in [4.78, 5) is 16.1.